The predicted molar refractivity (Wildman–Crippen MR) is 99.7 cm³/mol. The van der Waals surface area contributed by atoms with Gasteiger partial charge in [0.15, 0.2) is 5.69 Å². The monoisotopic (exact) mass is 347 g/mol. The topological polar surface area (TPSA) is 56.1 Å². The summed E-state index contributed by atoms with van der Waals surface area (Å²) in [7, 11) is 1.63. The van der Waals surface area contributed by atoms with Gasteiger partial charge >= 0.3 is 0 Å². The number of nitrogens with zero attached hydrogens (tertiary/aromatic N) is 2. The Morgan fingerprint density at radius 1 is 1.15 bits per heavy atom. The maximum Gasteiger partial charge on any atom is 0.272 e. The molecule has 1 aliphatic rings. The van der Waals surface area contributed by atoms with Crippen LogP contribution >= 0.6 is 0 Å². The minimum Gasteiger partial charge on any atom is -0.497 e. The molecule has 1 atom stereocenters. The van der Waals surface area contributed by atoms with Gasteiger partial charge < -0.3 is 10.1 Å². The maximum absolute atomic E-state index is 12.7. The number of hydrogen-bond donors (Lipinski definition) is 1. The Hall–Kier alpha value is -3.08. The van der Waals surface area contributed by atoms with Crippen LogP contribution in [0.2, 0.25) is 0 Å². The van der Waals surface area contributed by atoms with Crippen molar-refractivity contribution in [2.45, 2.75) is 25.3 Å². The second-order valence-electron chi connectivity index (χ2n) is 6.46. The Balaban J connectivity index is 1.50. The highest BCUT2D eigenvalue weighted by atomic mass is 16.5. The minimum absolute atomic E-state index is 0.0542. The number of rotatable bonds is 4. The Kier molecular flexibility index (Phi) is 4.44. The second kappa shape index (κ2) is 7.04. The van der Waals surface area contributed by atoms with Crippen LogP contribution in [-0.2, 0) is 6.42 Å². The number of hydrogen-bond acceptors (Lipinski definition) is 3. The molecule has 3 aromatic rings. The molecule has 0 unspecified atom stereocenters. The van der Waals surface area contributed by atoms with E-state index in [0.29, 0.717) is 5.69 Å². The van der Waals surface area contributed by atoms with E-state index in [9.17, 15) is 4.79 Å². The van der Waals surface area contributed by atoms with Crippen molar-refractivity contribution >= 4 is 5.91 Å². The highest BCUT2D eigenvalue weighted by Gasteiger charge is 2.22. The number of methoxy groups -OCH3 is 1. The fraction of sp³-hybridized carbons (Fsp3) is 0.238. The van der Waals surface area contributed by atoms with Crippen LogP contribution in [0.15, 0.2) is 60.8 Å². The SMILES string of the molecule is COc1ccc(-n2ccc(C(=O)N[C@H]3CCCc4ccccc43)n2)cc1. The number of aromatic nitrogens is 2. The smallest absolute Gasteiger partial charge is 0.272 e. The van der Waals surface area contributed by atoms with Gasteiger partial charge in [-0.1, -0.05) is 24.3 Å². The molecule has 2 aromatic carbocycles. The lowest BCUT2D eigenvalue weighted by atomic mass is 9.88. The fourth-order valence-corrected chi connectivity index (χ4v) is 3.46. The highest BCUT2D eigenvalue weighted by molar-refractivity contribution is 5.92. The van der Waals surface area contributed by atoms with E-state index in [-0.39, 0.29) is 11.9 Å². The van der Waals surface area contributed by atoms with Gasteiger partial charge in [0, 0.05) is 6.20 Å². The Morgan fingerprint density at radius 2 is 1.96 bits per heavy atom. The number of carbonyl (C=O) groups excluding carboxylic acids is 1. The molecule has 1 N–H and O–H groups in total. The fourth-order valence-electron chi connectivity index (χ4n) is 3.46. The van der Waals surface area contributed by atoms with Crippen molar-refractivity contribution in [1.29, 1.82) is 0 Å². The summed E-state index contributed by atoms with van der Waals surface area (Å²) in [5, 5.41) is 7.56. The minimum atomic E-state index is -0.140. The number of nitrogens with one attached hydrogen (secondary N) is 1. The summed E-state index contributed by atoms with van der Waals surface area (Å²) in [6.45, 7) is 0. The Bertz CT molecular complexity index is 915. The molecule has 0 aliphatic heterocycles. The van der Waals surface area contributed by atoms with E-state index in [2.05, 4.69) is 28.6 Å². The molecule has 0 radical (unpaired) electrons. The van der Waals surface area contributed by atoms with E-state index < -0.39 is 0 Å². The number of benzene rings is 2. The Labute approximate surface area is 152 Å². The molecule has 26 heavy (non-hydrogen) atoms. The lowest BCUT2D eigenvalue weighted by Gasteiger charge is -2.26. The predicted octanol–water partition coefficient (Wildman–Crippen LogP) is 3.69. The number of fused-ring (bicyclic) bond motifs is 1. The molecule has 0 saturated carbocycles. The molecule has 1 aliphatic carbocycles. The van der Waals surface area contributed by atoms with Crippen LogP contribution in [0.3, 0.4) is 0 Å². The second-order valence-corrected chi connectivity index (χ2v) is 6.46. The summed E-state index contributed by atoms with van der Waals surface area (Å²) >= 11 is 0. The van der Waals surface area contributed by atoms with Crippen LogP contribution in [0.5, 0.6) is 5.75 Å². The highest BCUT2D eigenvalue weighted by Crippen LogP contribution is 2.29. The molecule has 132 valence electrons. The molecule has 1 amide bonds. The van der Waals surface area contributed by atoms with Crippen molar-refractivity contribution in [2.24, 2.45) is 0 Å². The number of aryl methyl sites for hydroxylation is 1. The van der Waals surface area contributed by atoms with Gasteiger partial charge in [-0.15, -0.1) is 0 Å². The summed E-state index contributed by atoms with van der Waals surface area (Å²) in [4.78, 5) is 12.7. The van der Waals surface area contributed by atoms with E-state index in [1.54, 1.807) is 24.1 Å². The average molecular weight is 347 g/mol. The normalized spacial score (nSPS) is 16.0. The zero-order valence-corrected chi connectivity index (χ0v) is 14.7. The first-order valence-corrected chi connectivity index (χ1v) is 8.83. The van der Waals surface area contributed by atoms with E-state index in [0.717, 1.165) is 30.7 Å². The molecule has 0 saturated heterocycles. The van der Waals surface area contributed by atoms with E-state index in [1.165, 1.54) is 11.1 Å². The van der Waals surface area contributed by atoms with Crippen LogP contribution in [0, 0.1) is 0 Å². The first kappa shape index (κ1) is 16.4. The van der Waals surface area contributed by atoms with Gasteiger partial charge in [0.1, 0.15) is 5.75 Å². The van der Waals surface area contributed by atoms with Gasteiger partial charge in [0.25, 0.3) is 5.91 Å². The summed E-state index contributed by atoms with van der Waals surface area (Å²) in [5.74, 6) is 0.647. The van der Waals surface area contributed by atoms with Crippen molar-refractivity contribution in [3.05, 3.63) is 77.6 Å². The summed E-state index contributed by atoms with van der Waals surface area (Å²) < 4.78 is 6.87. The molecular weight excluding hydrogens is 326 g/mol. The largest absolute Gasteiger partial charge is 0.497 e. The van der Waals surface area contributed by atoms with E-state index in [4.69, 9.17) is 4.74 Å². The van der Waals surface area contributed by atoms with Gasteiger partial charge in [-0.2, -0.15) is 5.10 Å². The summed E-state index contributed by atoms with van der Waals surface area (Å²) in [5.41, 5.74) is 3.85. The molecule has 1 heterocycles. The number of ether oxygens (including phenoxy) is 1. The molecule has 5 nitrogen and oxygen atoms in total. The Morgan fingerprint density at radius 3 is 2.77 bits per heavy atom. The van der Waals surface area contributed by atoms with Crippen LogP contribution < -0.4 is 10.1 Å². The molecule has 0 bridgehead atoms. The van der Waals surface area contributed by atoms with Crippen molar-refractivity contribution in [1.82, 2.24) is 15.1 Å². The maximum atomic E-state index is 12.7. The summed E-state index contributed by atoms with van der Waals surface area (Å²) in [6, 6.07) is 17.7. The van der Waals surface area contributed by atoms with Crippen molar-refractivity contribution in [2.75, 3.05) is 7.11 Å². The van der Waals surface area contributed by atoms with E-state index >= 15 is 0 Å². The molecule has 4 rings (SSSR count). The molecule has 5 heteroatoms. The van der Waals surface area contributed by atoms with Gasteiger partial charge in [0.2, 0.25) is 0 Å². The van der Waals surface area contributed by atoms with E-state index in [1.807, 2.05) is 30.3 Å². The molecular formula is C21H21N3O2. The number of carbonyl (C=O) groups is 1. The third kappa shape index (κ3) is 3.20. The quantitative estimate of drug-likeness (QED) is 0.783. The third-order valence-corrected chi connectivity index (χ3v) is 4.83. The van der Waals surface area contributed by atoms with Gasteiger partial charge in [0.05, 0.1) is 18.8 Å². The standard InChI is InChI=1S/C21H21N3O2/c1-26-17-11-9-16(10-12-17)24-14-13-20(23-24)21(25)22-19-8-4-6-15-5-2-3-7-18(15)19/h2-3,5,7,9-14,19H,4,6,8H2,1H3,(H,22,25)/t19-/m0/s1. The van der Waals surface area contributed by atoms with Gasteiger partial charge in [-0.05, 0) is 60.7 Å². The van der Waals surface area contributed by atoms with Crippen molar-refractivity contribution in [3.63, 3.8) is 0 Å². The molecule has 0 spiro atoms. The van der Waals surface area contributed by atoms with Crippen LogP contribution in [0.4, 0.5) is 0 Å². The zero-order chi connectivity index (χ0) is 17.9. The third-order valence-electron chi connectivity index (χ3n) is 4.83. The van der Waals surface area contributed by atoms with Crippen molar-refractivity contribution < 1.29 is 9.53 Å². The molecule has 1 aromatic heterocycles. The van der Waals surface area contributed by atoms with Gasteiger partial charge in [-0.3, -0.25) is 4.79 Å². The number of amides is 1. The molecule has 0 fully saturated rings. The lowest BCUT2D eigenvalue weighted by molar-refractivity contribution is 0.0927. The van der Waals surface area contributed by atoms with Crippen LogP contribution in [0.1, 0.15) is 40.5 Å². The van der Waals surface area contributed by atoms with Crippen LogP contribution in [-0.4, -0.2) is 22.8 Å². The van der Waals surface area contributed by atoms with Gasteiger partial charge in [-0.25, -0.2) is 4.68 Å². The summed E-state index contributed by atoms with van der Waals surface area (Å²) in [6.07, 6.45) is 4.92. The first-order chi connectivity index (χ1) is 12.7. The lowest BCUT2D eigenvalue weighted by Crippen LogP contribution is -2.31. The van der Waals surface area contributed by atoms with Crippen LogP contribution in [0.25, 0.3) is 5.69 Å². The van der Waals surface area contributed by atoms with Crippen molar-refractivity contribution in [3.8, 4) is 11.4 Å². The first-order valence-electron chi connectivity index (χ1n) is 8.83. The zero-order valence-electron chi connectivity index (χ0n) is 14.7. The average Bonchev–Trinajstić information content (AvgIpc) is 3.19.